The molecular formula is C26H27BrN2O3. The van der Waals surface area contributed by atoms with Gasteiger partial charge in [-0.1, -0.05) is 59.6 Å². The fraction of sp³-hybridized carbons (Fsp3) is 0.231. The number of hydrogen-bond acceptors (Lipinski definition) is 3. The number of nitrogens with one attached hydrogen (secondary N) is 2. The Morgan fingerprint density at radius 3 is 2.41 bits per heavy atom. The summed E-state index contributed by atoms with van der Waals surface area (Å²) in [4.78, 5) is 25.1. The Morgan fingerprint density at radius 2 is 1.69 bits per heavy atom. The van der Waals surface area contributed by atoms with Crippen molar-refractivity contribution in [2.45, 2.75) is 26.2 Å². The molecule has 3 aromatic carbocycles. The zero-order valence-electron chi connectivity index (χ0n) is 18.1. The molecule has 0 fully saturated rings. The predicted octanol–water partition coefficient (Wildman–Crippen LogP) is 5.85. The third kappa shape index (κ3) is 6.95. The molecule has 0 bridgehead atoms. The standard InChI is InChI=1S/C26H27BrN2O3/c1-2-3-16-28-25(30)20-9-12-22(13-10-20)29-26(31)23-18-21(27)11-14-24(23)32-17-15-19-7-5-4-6-8-19/h4-14,18H,2-3,15-17H2,1H3,(H,28,30)(H,29,31). The topological polar surface area (TPSA) is 67.4 Å². The van der Waals surface area contributed by atoms with Gasteiger partial charge in [0.1, 0.15) is 5.75 Å². The molecule has 3 rings (SSSR count). The Hall–Kier alpha value is -3.12. The Morgan fingerprint density at radius 1 is 0.938 bits per heavy atom. The van der Waals surface area contributed by atoms with Gasteiger partial charge in [0, 0.05) is 28.7 Å². The summed E-state index contributed by atoms with van der Waals surface area (Å²) in [6.07, 6.45) is 2.72. The summed E-state index contributed by atoms with van der Waals surface area (Å²) >= 11 is 3.43. The third-order valence-corrected chi connectivity index (χ3v) is 5.39. The Balaban J connectivity index is 1.62. The molecule has 0 atom stereocenters. The number of carbonyl (C=O) groups excluding carboxylic acids is 2. The van der Waals surface area contributed by atoms with Crippen LogP contribution in [0.3, 0.4) is 0 Å². The van der Waals surface area contributed by atoms with Crippen molar-refractivity contribution in [3.05, 3.63) is 94.0 Å². The van der Waals surface area contributed by atoms with Gasteiger partial charge in [-0.15, -0.1) is 0 Å². The maximum Gasteiger partial charge on any atom is 0.259 e. The minimum Gasteiger partial charge on any atom is -0.492 e. The van der Waals surface area contributed by atoms with Crippen molar-refractivity contribution in [2.24, 2.45) is 0 Å². The average molecular weight is 495 g/mol. The zero-order chi connectivity index (χ0) is 22.8. The molecule has 0 spiro atoms. The van der Waals surface area contributed by atoms with E-state index in [0.717, 1.165) is 23.7 Å². The molecule has 2 N–H and O–H groups in total. The number of rotatable bonds is 10. The highest BCUT2D eigenvalue weighted by atomic mass is 79.9. The van der Waals surface area contributed by atoms with E-state index in [9.17, 15) is 9.59 Å². The SMILES string of the molecule is CCCCNC(=O)c1ccc(NC(=O)c2cc(Br)ccc2OCCc2ccccc2)cc1. The van der Waals surface area contributed by atoms with E-state index in [2.05, 4.69) is 33.5 Å². The molecule has 0 radical (unpaired) electrons. The fourth-order valence-electron chi connectivity index (χ4n) is 3.11. The number of carbonyl (C=O) groups is 2. The molecular weight excluding hydrogens is 468 g/mol. The fourth-order valence-corrected chi connectivity index (χ4v) is 3.47. The normalized spacial score (nSPS) is 10.4. The molecule has 0 unspecified atom stereocenters. The molecule has 0 saturated carbocycles. The number of hydrogen-bond donors (Lipinski definition) is 2. The quantitative estimate of drug-likeness (QED) is 0.347. The van der Waals surface area contributed by atoms with Crippen LogP contribution in [0.5, 0.6) is 5.75 Å². The van der Waals surface area contributed by atoms with Crippen molar-refractivity contribution in [3.63, 3.8) is 0 Å². The van der Waals surface area contributed by atoms with E-state index in [1.165, 1.54) is 5.56 Å². The number of amides is 2. The first-order valence-corrected chi connectivity index (χ1v) is 11.5. The molecule has 0 heterocycles. The zero-order valence-corrected chi connectivity index (χ0v) is 19.7. The molecule has 2 amide bonds. The Kier molecular flexibility index (Phi) is 8.87. The smallest absolute Gasteiger partial charge is 0.259 e. The summed E-state index contributed by atoms with van der Waals surface area (Å²) in [7, 11) is 0. The van der Waals surface area contributed by atoms with Crippen LogP contribution in [-0.4, -0.2) is 25.0 Å². The van der Waals surface area contributed by atoms with Crippen LogP contribution in [0.25, 0.3) is 0 Å². The second-order valence-corrected chi connectivity index (χ2v) is 8.28. The van der Waals surface area contributed by atoms with Gasteiger partial charge in [0.2, 0.25) is 0 Å². The van der Waals surface area contributed by atoms with Crippen molar-refractivity contribution >= 4 is 33.4 Å². The molecule has 32 heavy (non-hydrogen) atoms. The number of ether oxygens (including phenoxy) is 1. The highest BCUT2D eigenvalue weighted by Crippen LogP contribution is 2.25. The van der Waals surface area contributed by atoms with E-state index in [1.807, 2.05) is 36.4 Å². The van der Waals surface area contributed by atoms with Gasteiger partial charge < -0.3 is 15.4 Å². The van der Waals surface area contributed by atoms with Gasteiger partial charge in [0.05, 0.1) is 12.2 Å². The number of benzene rings is 3. The summed E-state index contributed by atoms with van der Waals surface area (Å²) in [5.74, 6) is 0.132. The number of unbranched alkanes of at least 4 members (excludes halogenated alkanes) is 1. The van der Waals surface area contributed by atoms with Crippen molar-refractivity contribution in [2.75, 3.05) is 18.5 Å². The lowest BCUT2D eigenvalue weighted by Crippen LogP contribution is -2.24. The van der Waals surface area contributed by atoms with E-state index in [0.29, 0.717) is 35.7 Å². The van der Waals surface area contributed by atoms with E-state index >= 15 is 0 Å². The molecule has 6 heteroatoms. The number of halogens is 1. The van der Waals surface area contributed by atoms with Crippen LogP contribution in [0.15, 0.2) is 77.3 Å². The van der Waals surface area contributed by atoms with Crippen LogP contribution in [-0.2, 0) is 6.42 Å². The van der Waals surface area contributed by atoms with E-state index in [4.69, 9.17) is 4.74 Å². The highest BCUT2D eigenvalue weighted by molar-refractivity contribution is 9.10. The van der Waals surface area contributed by atoms with Crippen LogP contribution in [0.2, 0.25) is 0 Å². The van der Waals surface area contributed by atoms with Crippen LogP contribution in [0, 0.1) is 0 Å². The third-order valence-electron chi connectivity index (χ3n) is 4.90. The molecule has 0 aliphatic carbocycles. The lowest BCUT2D eigenvalue weighted by molar-refractivity contribution is 0.0952. The lowest BCUT2D eigenvalue weighted by Gasteiger charge is -2.13. The van der Waals surface area contributed by atoms with Gasteiger partial charge in [-0.05, 0) is 54.4 Å². The summed E-state index contributed by atoms with van der Waals surface area (Å²) in [5.41, 5.74) is 2.78. The van der Waals surface area contributed by atoms with Gasteiger partial charge in [-0.25, -0.2) is 0 Å². The largest absolute Gasteiger partial charge is 0.492 e. The second kappa shape index (κ2) is 12.1. The molecule has 0 aliphatic heterocycles. The van der Waals surface area contributed by atoms with Gasteiger partial charge in [0.15, 0.2) is 0 Å². The summed E-state index contributed by atoms with van der Waals surface area (Å²) < 4.78 is 6.71. The predicted molar refractivity (Wildman–Crippen MR) is 131 cm³/mol. The van der Waals surface area contributed by atoms with E-state index in [-0.39, 0.29) is 11.8 Å². The van der Waals surface area contributed by atoms with Crippen molar-refractivity contribution in [3.8, 4) is 5.75 Å². The summed E-state index contributed by atoms with van der Waals surface area (Å²) in [6, 6.07) is 22.3. The second-order valence-electron chi connectivity index (χ2n) is 7.37. The van der Waals surface area contributed by atoms with Gasteiger partial charge in [-0.3, -0.25) is 9.59 Å². The minimum atomic E-state index is -0.277. The molecule has 166 valence electrons. The highest BCUT2D eigenvalue weighted by Gasteiger charge is 2.14. The van der Waals surface area contributed by atoms with Crippen LogP contribution in [0.4, 0.5) is 5.69 Å². The maximum atomic E-state index is 12.9. The van der Waals surface area contributed by atoms with E-state index in [1.54, 1.807) is 36.4 Å². The molecule has 0 aliphatic rings. The van der Waals surface area contributed by atoms with Crippen LogP contribution in [0.1, 0.15) is 46.0 Å². The minimum absolute atomic E-state index is 0.114. The summed E-state index contributed by atoms with van der Waals surface area (Å²) in [5, 5.41) is 5.76. The monoisotopic (exact) mass is 494 g/mol. The Labute approximate surface area is 197 Å². The molecule has 0 aromatic heterocycles. The molecule has 3 aromatic rings. The van der Waals surface area contributed by atoms with Gasteiger partial charge >= 0.3 is 0 Å². The molecule has 0 saturated heterocycles. The lowest BCUT2D eigenvalue weighted by atomic mass is 10.1. The number of anilines is 1. The van der Waals surface area contributed by atoms with Crippen molar-refractivity contribution in [1.29, 1.82) is 0 Å². The maximum absolute atomic E-state index is 12.9. The van der Waals surface area contributed by atoms with Gasteiger partial charge in [-0.2, -0.15) is 0 Å². The van der Waals surface area contributed by atoms with Crippen LogP contribution < -0.4 is 15.4 Å². The molecule has 5 nitrogen and oxygen atoms in total. The Bertz CT molecular complexity index is 1040. The first-order chi connectivity index (χ1) is 15.6. The van der Waals surface area contributed by atoms with Crippen LogP contribution >= 0.6 is 15.9 Å². The van der Waals surface area contributed by atoms with E-state index < -0.39 is 0 Å². The van der Waals surface area contributed by atoms with Crippen molar-refractivity contribution < 1.29 is 14.3 Å². The first-order valence-electron chi connectivity index (χ1n) is 10.7. The first kappa shape index (κ1) is 23.5. The average Bonchev–Trinajstić information content (AvgIpc) is 2.81. The van der Waals surface area contributed by atoms with Gasteiger partial charge in [0.25, 0.3) is 11.8 Å². The summed E-state index contributed by atoms with van der Waals surface area (Å²) in [6.45, 7) is 3.20. The van der Waals surface area contributed by atoms with Crippen molar-refractivity contribution in [1.82, 2.24) is 5.32 Å².